The first kappa shape index (κ1) is 28.6. The van der Waals surface area contributed by atoms with Gasteiger partial charge in [0.25, 0.3) is 0 Å². The van der Waals surface area contributed by atoms with Crippen molar-refractivity contribution in [2.45, 2.75) is 46.2 Å². The lowest BCUT2D eigenvalue weighted by Crippen LogP contribution is -2.43. The quantitative estimate of drug-likeness (QED) is 0.252. The van der Waals surface area contributed by atoms with Crippen LogP contribution in [0.4, 0.5) is 11.6 Å². The summed E-state index contributed by atoms with van der Waals surface area (Å²) in [6.07, 6.45) is 5.69. The standard InChI is InChI=1S/C34H40N6O/c1-25-8-9-27(22-32(41)28-12-10-26(11-13-28)24-39-19-17-38(5)18-20-39)21-31(25)40(34(2,3)4)33-36-16-14-30(37-33)29-7-6-15-35-23-29/h6-16,21,23H,17-20,22,24H2,1-5H3. The highest BCUT2D eigenvalue weighted by atomic mass is 16.1. The third-order valence-corrected chi connectivity index (χ3v) is 7.63. The molecule has 0 radical (unpaired) electrons. The van der Waals surface area contributed by atoms with E-state index in [9.17, 15) is 4.79 Å². The maximum Gasteiger partial charge on any atom is 0.230 e. The molecule has 1 fully saturated rings. The Balaban J connectivity index is 1.35. The van der Waals surface area contributed by atoms with Gasteiger partial charge in [-0.1, -0.05) is 36.4 Å². The zero-order valence-electron chi connectivity index (χ0n) is 24.8. The number of likely N-dealkylation sites (N-methyl/N-ethyl adjacent to an activating group) is 1. The SMILES string of the molecule is Cc1ccc(CC(=O)c2ccc(CN3CCN(C)CC3)cc2)cc1N(c1nccc(-c2cccnc2)n1)C(C)(C)C. The number of piperazine rings is 1. The predicted molar refractivity (Wildman–Crippen MR) is 166 cm³/mol. The van der Waals surface area contributed by atoms with Crippen molar-refractivity contribution in [1.82, 2.24) is 24.8 Å². The van der Waals surface area contributed by atoms with E-state index in [4.69, 9.17) is 4.98 Å². The molecule has 2 aromatic carbocycles. The first-order chi connectivity index (χ1) is 19.7. The Morgan fingerprint density at radius 2 is 1.66 bits per heavy atom. The van der Waals surface area contributed by atoms with Gasteiger partial charge in [0.15, 0.2) is 5.78 Å². The van der Waals surface area contributed by atoms with Crippen LogP contribution in [-0.2, 0) is 13.0 Å². The van der Waals surface area contributed by atoms with Crippen LogP contribution in [0.1, 0.15) is 47.8 Å². The Morgan fingerprint density at radius 1 is 0.927 bits per heavy atom. The Kier molecular flexibility index (Phi) is 8.57. The third kappa shape index (κ3) is 7.04. The molecule has 0 aliphatic carbocycles. The number of hydrogen-bond acceptors (Lipinski definition) is 7. The molecule has 2 aromatic heterocycles. The molecule has 1 aliphatic rings. The van der Waals surface area contributed by atoms with Gasteiger partial charge in [-0.25, -0.2) is 9.97 Å². The van der Waals surface area contributed by atoms with E-state index in [1.807, 2.05) is 42.6 Å². The summed E-state index contributed by atoms with van der Waals surface area (Å²) in [7, 11) is 2.17. The summed E-state index contributed by atoms with van der Waals surface area (Å²) in [5.41, 5.74) is 6.50. The van der Waals surface area contributed by atoms with Gasteiger partial charge in [-0.05, 0) is 75.7 Å². The van der Waals surface area contributed by atoms with Crippen molar-refractivity contribution in [3.05, 3.63) is 102 Å². The second-order valence-electron chi connectivity index (χ2n) is 12.0. The van der Waals surface area contributed by atoms with E-state index in [0.29, 0.717) is 12.4 Å². The zero-order valence-corrected chi connectivity index (χ0v) is 24.8. The van der Waals surface area contributed by atoms with Crippen LogP contribution < -0.4 is 4.90 Å². The average molecular weight is 549 g/mol. The second-order valence-corrected chi connectivity index (χ2v) is 12.0. The number of carbonyl (C=O) groups excluding carboxylic acids is 1. The molecular formula is C34H40N6O. The van der Waals surface area contributed by atoms with Crippen LogP contribution >= 0.6 is 0 Å². The van der Waals surface area contributed by atoms with Crippen molar-refractivity contribution < 1.29 is 4.79 Å². The van der Waals surface area contributed by atoms with Crippen LogP contribution in [0.2, 0.25) is 0 Å². The molecule has 1 aliphatic heterocycles. The van der Waals surface area contributed by atoms with E-state index < -0.39 is 0 Å². The number of carbonyl (C=O) groups is 1. The molecule has 0 bridgehead atoms. The van der Waals surface area contributed by atoms with Gasteiger partial charge in [-0.3, -0.25) is 14.7 Å². The number of nitrogens with zero attached hydrogens (tertiary/aromatic N) is 6. The summed E-state index contributed by atoms with van der Waals surface area (Å²) >= 11 is 0. The van der Waals surface area contributed by atoms with Crippen molar-refractivity contribution in [2.24, 2.45) is 0 Å². The van der Waals surface area contributed by atoms with Gasteiger partial charge in [-0.15, -0.1) is 0 Å². The largest absolute Gasteiger partial charge is 0.305 e. The van der Waals surface area contributed by atoms with Gasteiger partial charge >= 0.3 is 0 Å². The van der Waals surface area contributed by atoms with Crippen LogP contribution in [0.3, 0.4) is 0 Å². The lowest BCUT2D eigenvalue weighted by molar-refractivity contribution is 0.0993. The molecule has 5 rings (SSSR count). The maximum absolute atomic E-state index is 13.3. The topological polar surface area (TPSA) is 65.5 Å². The number of aryl methyl sites for hydroxylation is 1. The summed E-state index contributed by atoms with van der Waals surface area (Å²) < 4.78 is 0. The molecule has 0 saturated carbocycles. The molecule has 4 aromatic rings. The minimum absolute atomic E-state index is 0.114. The number of ketones is 1. The van der Waals surface area contributed by atoms with E-state index >= 15 is 0 Å². The molecule has 0 atom stereocenters. The Labute approximate surface area is 243 Å². The van der Waals surface area contributed by atoms with Crippen LogP contribution in [0.5, 0.6) is 0 Å². The zero-order chi connectivity index (χ0) is 29.0. The summed E-state index contributed by atoms with van der Waals surface area (Å²) in [5.74, 6) is 0.726. The van der Waals surface area contributed by atoms with Crippen LogP contribution in [0.15, 0.2) is 79.3 Å². The molecule has 7 nitrogen and oxygen atoms in total. The van der Waals surface area contributed by atoms with E-state index in [2.05, 4.69) is 83.7 Å². The summed E-state index contributed by atoms with van der Waals surface area (Å²) in [5, 5.41) is 0. The highest BCUT2D eigenvalue weighted by molar-refractivity contribution is 5.97. The summed E-state index contributed by atoms with van der Waals surface area (Å²) in [6.45, 7) is 13.8. The van der Waals surface area contributed by atoms with Crippen molar-refractivity contribution in [3.63, 3.8) is 0 Å². The number of anilines is 2. The van der Waals surface area contributed by atoms with E-state index in [-0.39, 0.29) is 11.3 Å². The average Bonchev–Trinajstić information content (AvgIpc) is 2.96. The lowest BCUT2D eigenvalue weighted by Gasteiger charge is -2.37. The highest BCUT2D eigenvalue weighted by Crippen LogP contribution is 2.35. The third-order valence-electron chi connectivity index (χ3n) is 7.63. The van der Waals surface area contributed by atoms with Gasteiger partial charge in [0.2, 0.25) is 5.95 Å². The fourth-order valence-electron chi connectivity index (χ4n) is 5.25. The summed E-state index contributed by atoms with van der Waals surface area (Å²) in [6, 6.07) is 20.2. The maximum atomic E-state index is 13.3. The van der Waals surface area contributed by atoms with Gasteiger partial charge in [0.1, 0.15) is 0 Å². The fraction of sp³-hybridized carbons (Fsp3) is 0.353. The first-order valence-electron chi connectivity index (χ1n) is 14.3. The Morgan fingerprint density at radius 3 is 2.34 bits per heavy atom. The number of Topliss-reactive ketones (excluding diaryl/α,β-unsaturated/α-hetero) is 1. The van der Waals surface area contributed by atoms with Gasteiger partial charge in [-0.2, -0.15) is 0 Å². The highest BCUT2D eigenvalue weighted by Gasteiger charge is 2.28. The Hall–Kier alpha value is -3.94. The smallest absolute Gasteiger partial charge is 0.230 e. The second kappa shape index (κ2) is 12.3. The number of rotatable bonds is 8. The van der Waals surface area contributed by atoms with Crippen LogP contribution in [0.25, 0.3) is 11.3 Å². The molecule has 0 unspecified atom stereocenters. The van der Waals surface area contributed by atoms with Crippen molar-refractivity contribution in [2.75, 3.05) is 38.1 Å². The van der Waals surface area contributed by atoms with Crippen LogP contribution in [0, 0.1) is 6.92 Å². The number of pyridine rings is 1. The van der Waals surface area contributed by atoms with E-state index in [0.717, 1.165) is 66.4 Å². The number of hydrogen-bond donors (Lipinski definition) is 0. The molecule has 0 N–H and O–H groups in total. The first-order valence-corrected chi connectivity index (χ1v) is 14.3. The van der Waals surface area contributed by atoms with Gasteiger partial charge in [0, 0.05) is 80.1 Å². The fourth-order valence-corrected chi connectivity index (χ4v) is 5.25. The normalized spacial score (nSPS) is 14.7. The minimum Gasteiger partial charge on any atom is -0.305 e. The van der Waals surface area contributed by atoms with Gasteiger partial charge < -0.3 is 9.80 Å². The van der Waals surface area contributed by atoms with Crippen molar-refractivity contribution >= 4 is 17.4 Å². The summed E-state index contributed by atoms with van der Waals surface area (Å²) in [4.78, 5) is 34.1. The van der Waals surface area contributed by atoms with Gasteiger partial charge in [0.05, 0.1) is 5.69 Å². The number of benzene rings is 2. The van der Waals surface area contributed by atoms with Crippen LogP contribution in [-0.4, -0.2) is 69.3 Å². The molecule has 1 saturated heterocycles. The molecule has 212 valence electrons. The lowest BCUT2D eigenvalue weighted by atomic mass is 9.98. The monoisotopic (exact) mass is 548 g/mol. The van der Waals surface area contributed by atoms with E-state index in [1.54, 1.807) is 12.4 Å². The van der Waals surface area contributed by atoms with Crippen molar-refractivity contribution in [3.8, 4) is 11.3 Å². The van der Waals surface area contributed by atoms with Crippen molar-refractivity contribution in [1.29, 1.82) is 0 Å². The molecule has 3 heterocycles. The molecule has 0 spiro atoms. The molecule has 7 heteroatoms. The predicted octanol–water partition coefficient (Wildman–Crippen LogP) is 5.96. The van der Waals surface area contributed by atoms with E-state index in [1.165, 1.54) is 5.56 Å². The Bertz CT molecular complexity index is 1470. The molecule has 0 amide bonds. The number of aromatic nitrogens is 3. The molecular weight excluding hydrogens is 508 g/mol. The minimum atomic E-state index is -0.305. The molecule has 41 heavy (non-hydrogen) atoms.